The van der Waals surface area contributed by atoms with E-state index >= 15 is 0 Å². The number of hydrogen-bond donors (Lipinski definition) is 2. The zero-order valence-corrected chi connectivity index (χ0v) is 20.6. The molecular formula is C28H22BrClN2O2. The molecular weight excluding hydrogens is 512 g/mol. The highest BCUT2D eigenvalue weighted by Crippen LogP contribution is 2.48. The highest BCUT2D eigenvalue weighted by Gasteiger charge is 2.43. The van der Waals surface area contributed by atoms with Gasteiger partial charge in [-0.15, -0.1) is 0 Å². The second kappa shape index (κ2) is 9.24. The molecule has 1 aliphatic carbocycles. The van der Waals surface area contributed by atoms with Crippen molar-refractivity contribution < 1.29 is 9.90 Å². The summed E-state index contributed by atoms with van der Waals surface area (Å²) in [6.45, 7) is 0. The number of benzene rings is 3. The molecule has 2 N–H and O–H groups in total. The molecule has 0 aromatic heterocycles. The van der Waals surface area contributed by atoms with Crippen LogP contribution in [0.15, 0.2) is 100 Å². The zero-order valence-electron chi connectivity index (χ0n) is 18.3. The van der Waals surface area contributed by atoms with E-state index in [1.165, 1.54) is 0 Å². The summed E-state index contributed by atoms with van der Waals surface area (Å²) in [4.78, 5) is 15.2. The monoisotopic (exact) mass is 532 g/mol. The van der Waals surface area contributed by atoms with Crippen LogP contribution >= 0.6 is 27.5 Å². The average Bonchev–Trinajstić information content (AvgIpc) is 2.85. The van der Waals surface area contributed by atoms with Gasteiger partial charge in [-0.1, -0.05) is 82.1 Å². The molecule has 0 saturated heterocycles. The molecule has 0 fully saturated rings. The molecule has 170 valence electrons. The number of nitrogens with one attached hydrogen (secondary N) is 1. The Hall–Kier alpha value is -3.15. The Morgan fingerprint density at radius 3 is 2.35 bits per heavy atom. The zero-order chi connectivity index (χ0) is 23.8. The predicted molar refractivity (Wildman–Crippen MR) is 140 cm³/mol. The molecule has 3 aromatic rings. The van der Waals surface area contributed by atoms with E-state index in [4.69, 9.17) is 11.6 Å². The fraction of sp³-hybridized carbons (Fsp3) is 0.143. The third-order valence-corrected chi connectivity index (χ3v) is 7.20. The van der Waals surface area contributed by atoms with Crippen LogP contribution in [0.1, 0.15) is 36.3 Å². The number of nitrogens with zero attached hydrogens (tertiary/aromatic N) is 1. The van der Waals surface area contributed by atoms with E-state index in [-0.39, 0.29) is 17.4 Å². The Morgan fingerprint density at radius 2 is 1.65 bits per heavy atom. The Kier molecular flexibility index (Phi) is 6.15. The minimum Gasteiger partial charge on any atom is -0.507 e. The highest BCUT2D eigenvalue weighted by molar-refractivity contribution is 9.10. The van der Waals surface area contributed by atoms with Gasteiger partial charge in [0, 0.05) is 39.2 Å². The van der Waals surface area contributed by atoms with Crippen LogP contribution in [0.3, 0.4) is 0 Å². The standard InChI is InChI=1S/C28H22BrClN2O2/c29-19-15-13-17(14-16-19)24-25-22(11-6-12-23(25)33)32(21-10-5-4-9-20(21)30)28(31)26(24)27(34)18-7-2-1-3-8-18/h1-5,7-10,13-16,24,31,34H,6,11-12H2. The van der Waals surface area contributed by atoms with E-state index in [2.05, 4.69) is 15.9 Å². The normalized spacial score (nSPS) is 19.8. The lowest BCUT2D eigenvalue weighted by Crippen LogP contribution is -2.42. The van der Waals surface area contributed by atoms with Crippen LogP contribution in [0.4, 0.5) is 5.69 Å². The summed E-state index contributed by atoms with van der Waals surface area (Å²) >= 11 is 10.1. The van der Waals surface area contributed by atoms with Gasteiger partial charge >= 0.3 is 0 Å². The molecule has 1 aliphatic heterocycles. The Morgan fingerprint density at radius 1 is 0.971 bits per heavy atom. The number of para-hydroxylation sites is 1. The van der Waals surface area contributed by atoms with Crippen molar-refractivity contribution in [2.45, 2.75) is 25.2 Å². The summed E-state index contributed by atoms with van der Waals surface area (Å²) in [5, 5.41) is 21.4. The number of rotatable bonds is 3. The van der Waals surface area contributed by atoms with Crippen LogP contribution in [0.25, 0.3) is 5.76 Å². The Balaban J connectivity index is 1.84. The van der Waals surface area contributed by atoms with Gasteiger partial charge in [0.2, 0.25) is 0 Å². The molecule has 2 aliphatic rings. The second-order valence-corrected chi connectivity index (χ2v) is 9.71. The molecule has 1 atom stereocenters. The fourth-order valence-corrected chi connectivity index (χ4v) is 5.32. The molecule has 0 spiro atoms. The van der Waals surface area contributed by atoms with Crippen LogP contribution in [-0.4, -0.2) is 16.7 Å². The lowest BCUT2D eigenvalue weighted by atomic mass is 9.73. The maximum atomic E-state index is 13.5. The van der Waals surface area contributed by atoms with E-state index in [1.807, 2.05) is 60.7 Å². The second-order valence-electron chi connectivity index (χ2n) is 8.39. The maximum Gasteiger partial charge on any atom is 0.161 e. The molecule has 1 unspecified atom stereocenters. The molecule has 34 heavy (non-hydrogen) atoms. The van der Waals surface area contributed by atoms with Crippen LogP contribution in [0.2, 0.25) is 5.02 Å². The van der Waals surface area contributed by atoms with Gasteiger partial charge in [-0.25, -0.2) is 0 Å². The van der Waals surface area contributed by atoms with Crippen molar-refractivity contribution in [3.8, 4) is 0 Å². The Bertz CT molecular complexity index is 1350. The summed E-state index contributed by atoms with van der Waals surface area (Å²) in [6.07, 6.45) is 1.80. The topological polar surface area (TPSA) is 64.4 Å². The van der Waals surface area contributed by atoms with Crippen LogP contribution in [-0.2, 0) is 4.79 Å². The summed E-state index contributed by atoms with van der Waals surface area (Å²) in [5.41, 5.74) is 3.88. The first-order valence-electron chi connectivity index (χ1n) is 11.1. The SMILES string of the molecule is N=C1C(=C(O)c2ccccc2)C(c2ccc(Br)cc2)C2=C(CCCC2=O)N1c1ccccc1Cl. The molecule has 0 radical (unpaired) electrons. The molecule has 0 bridgehead atoms. The van der Waals surface area contributed by atoms with Crippen molar-refractivity contribution in [1.82, 2.24) is 0 Å². The van der Waals surface area contributed by atoms with Gasteiger partial charge in [0.15, 0.2) is 5.78 Å². The number of carbonyl (C=O) groups excluding carboxylic acids is 1. The van der Waals surface area contributed by atoms with Gasteiger partial charge in [0.05, 0.1) is 10.7 Å². The summed E-state index contributed by atoms with van der Waals surface area (Å²) in [7, 11) is 0. The highest BCUT2D eigenvalue weighted by atomic mass is 79.9. The van der Waals surface area contributed by atoms with Crippen molar-refractivity contribution in [3.05, 3.63) is 116 Å². The number of Topliss-reactive ketones (excluding diaryl/α,β-unsaturated/α-hetero) is 1. The first-order chi connectivity index (χ1) is 16.5. The molecule has 1 heterocycles. The van der Waals surface area contributed by atoms with Gasteiger partial charge in [-0.3, -0.25) is 15.1 Å². The van der Waals surface area contributed by atoms with Gasteiger partial charge in [-0.05, 0) is 42.7 Å². The fourth-order valence-electron chi connectivity index (χ4n) is 4.83. The molecule has 3 aromatic carbocycles. The number of carbonyl (C=O) groups is 1. The number of halogens is 2. The third kappa shape index (κ3) is 3.89. The van der Waals surface area contributed by atoms with E-state index < -0.39 is 5.92 Å². The van der Waals surface area contributed by atoms with Crippen molar-refractivity contribution in [3.63, 3.8) is 0 Å². The minimum atomic E-state index is -0.553. The van der Waals surface area contributed by atoms with Gasteiger partial charge < -0.3 is 5.11 Å². The molecule has 6 heteroatoms. The first kappa shape index (κ1) is 22.6. The quantitative estimate of drug-likeness (QED) is 0.340. The van der Waals surface area contributed by atoms with Crippen LogP contribution in [0, 0.1) is 5.41 Å². The number of allylic oxidation sites excluding steroid dienone is 2. The minimum absolute atomic E-state index is 0.0134. The third-order valence-electron chi connectivity index (χ3n) is 6.35. The van der Waals surface area contributed by atoms with Crippen LogP contribution < -0.4 is 4.90 Å². The molecule has 0 amide bonds. The summed E-state index contributed by atoms with van der Waals surface area (Å²) in [6, 6.07) is 24.2. The smallest absolute Gasteiger partial charge is 0.161 e. The lowest BCUT2D eigenvalue weighted by molar-refractivity contribution is -0.116. The first-order valence-corrected chi connectivity index (χ1v) is 12.3. The van der Waals surface area contributed by atoms with Gasteiger partial charge in [0.1, 0.15) is 11.6 Å². The van der Waals surface area contributed by atoms with E-state index in [0.717, 1.165) is 15.7 Å². The Labute approximate surface area is 211 Å². The number of anilines is 1. The maximum absolute atomic E-state index is 13.5. The predicted octanol–water partition coefficient (Wildman–Crippen LogP) is 7.66. The average molecular weight is 534 g/mol. The summed E-state index contributed by atoms with van der Waals surface area (Å²) in [5.74, 6) is -0.407. The van der Waals surface area contributed by atoms with Gasteiger partial charge in [-0.2, -0.15) is 0 Å². The van der Waals surface area contributed by atoms with Crippen molar-refractivity contribution in [1.29, 1.82) is 5.41 Å². The number of ketones is 1. The molecule has 5 rings (SSSR count). The molecule has 0 saturated carbocycles. The number of aliphatic hydroxyl groups is 1. The van der Waals surface area contributed by atoms with Crippen molar-refractivity contribution in [2.24, 2.45) is 0 Å². The van der Waals surface area contributed by atoms with E-state index in [9.17, 15) is 15.3 Å². The van der Waals surface area contributed by atoms with Crippen molar-refractivity contribution >= 4 is 50.6 Å². The van der Waals surface area contributed by atoms with Crippen molar-refractivity contribution in [2.75, 3.05) is 4.90 Å². The van der Waals surface area contributed by atoms with Gasteiger partial charge in [0.25, 0.3) is 0 Å². The number of aliphatic hydroxyl groups excluding tert-OH is 1. The lowest BCUT2D eigenvalue weighted by Gasteiger charge is -2.42. The number of amidine groups is 1. The van der Waals surface area contributed by atoms with E-state index in [1.54, 1.807) is 23.1 Å². The molecule has 4 nitrogen and oxygen atoms in total. The summed E-state index contributed by atoms with van der Waals surface area (Å²) < 4.78 is 0.918. The van der Waals surface area contributed by atoms with E-state index in [0.29, 0.717) is 46.7 Å². The van der Waals surface area contributed by atoms with Crippen LogP contribution in [0.5, 0.6) is 0 Å². The number of hydrogen-bond acceptors (Lipinski definition) is 3. The largest absolute Gasteiger partial charge is 0.507 e.